The highest BCUT2D eigenvalue weighted by Crippen LogP contribution is 2.24. The van der Waals surface area contributed by atoms with Crippen LogP contribution in [0.4, 0.5) is 0 Å². The minimum absolute atomic E-state index is 0.278. The summed E-state index contributed by atoms with van der Waals surface area (Å²) in [5, 5.41) is 12.9. The van der Waals surface area contributed by atoms with Gasteiger partial charge in [-0.2, -0.15) is 0 Å². The van der Waals surface area contributed by atoms with Crippen LogP contribution in [0.25, 0.3) is 0 Å². The Bertz CT molecular complexity index is 395. The summed E-state index contributed by atoms with van der Waals surface area (Å²) in [5.74, 6) is 1.51. The van der Waals surface area contributed by atoms with Gasteiger partial charge in [-0.15, -0.1) is 0 Å². The van der Waals surface area contributed by atoms with Gasteiger partial charge in [-0.05, 0) is 18.2 Å². The van der Waals surface area contributed by atoms with Crippen LogP contribution in [0.3, 0.4) is 0 Å². The van der Waals surface area contributed by atoms with E-state index in [1.54, 1.807) is 14.2 Å². The first-order valence-electron chi connectivity index (χ1n) is 6.77. The Labute approximate surface area is 120 Å². The van der Waals surface area contributed by atoms with E-state index < -0.39 is 6.10 Å². The number of aliphatic hydroxyl groups is 1. The Hall–Kier alpha value is -1.30. The molecule has 0 unspecified atom stereocenters. The SMILES string of the molecule is COc1ccc(OC)c(COC[C@H](O)CNC(C)C)c1. The first kappa shape index (κ1) is 16.8. The Morgan fingerprint density at radius 3 is 2.55 bits per heavy atom. The lowest BCUT2D eigenvalue weighted by molar-refractivity contribution is 0.0274. The van der Waals surface area contributed by atoms with Crippen molar-refractivity contribution in [2.75, 3.05) is 27.4 Å². The number of methoxy groups -OCH3 is 2. The van der Waals surface area contributed by atoms with Crippen molar-refractivity contribution in [3.05, 3.63) is 23.8 Å². The summed E-state index contributed by atoms with van der Waals surface area (Å²) in [5.41, 5.74) is 0.899. The van der Waals surface area contributed by atoms with Crippen LogP contribution in [0, 0.1) is 0 Å². The van der Waals surface area contributed by atoms with E-state index >= 15 is 0 Å². The standard InChI is InChI=1S/C15H25NO4/c1-11(2)16-8-13(17)10-20-9-12-7-14(18-3)5-6-15(12)19-4/h5-7,11,13,16-17H,8-10H2,1-4H3/t13-/m1/s1. The molecule has 20 heavy (non-hydrogen) atoms. The van der Waals surface area contributed by atoms with Gasteiger partial charge in [0.1, 0.15) is 11.5 Å². The summed E-state index contributed by atoms with van der Waals surface area (Å²) in [6.07, 6.45) is -0.519. The van der Waals surface area contributed by atoms with Gasteiger partial charge < -0.3 is 24.6 Å². The number of ether oxygens (including phenoxy) is 3. The highest BCUT2D eigenvalue weighted by Gasteiger charge is 2.08. The molecule has 0 aliphatic carbocycles. The van der Waals surface area contributed by atoms with Crippen molar-refractivity contribution in [3.8, 4) is 11.5 Å². The summed E-state index contributed by atoms with van der Waals surface area (Å²) in [6, 6.07) is 5.90. The third-order valence-electron chi connectivity index (χ3n) is 2.82. The molecule has 1 rings (SSSR count). The second kappa shape index (κ2) is 8.79. The Balaban J connectivity index is 2.44. The lowest BCUT2D eigenvalue weighted by Gasteiger charge is -2.15. The molecule has 5 nitrogen and oxygen atoms in total. The number of aliphatic hydroxyl groups excluding tert-OH is 1. The highest BCUT2D eigenvalue weighted by atomic mass is 16.5. The Kier molecular flexibility index (Phi) is 7.36. The fourth-order valence-electron chi connectivity index (χ4n) is 1.73. The van der Waals surface area contributed by atoms with Crippen LogP contribution < -0.4 is 14.8 Å². The molecule has 0 spiro atoms. The lowest BCUT2D eigenvalue weighted by Crippen LogP contribution is -2.34. The van der Waals surface area contributed by atoms with Crippen molar-refractivity contribution in [1.82, 2.24) is 5.32 Å². The van der Waals surface area contributed by atoms with Crippen molar-refractivity contribution < 1.29 is 19.3 Å². The Morgan fingerprint density at radius 2 is 1.95 bits per heavy atom. The largest absolute Gasteiger partial charge is 0.497 e. The third kappa shape index (κ3) is 5.77. The predicted molar refractivity (Wildman–Crippen MR) is 78.3 cm³/mol. The van der Waals surface area contributed by atoms with Crippen LogP contribution in [0.5, 0.6) is 11.5 Å². The number of nitrogens with one attached hydrogen (secondary N) is 1. The van der Waals surface area contributed by atoms with Crippen molar-refractivity contribution in [2.24, 2.45) is 0 Å². The van der Waals surface area contributed by atoms with E-state index in [1.165, 1.54) is 0 Å². The van der Waals surface area contributed by atoms with Gasteiger partial charge in [0, 0.05) is 18.2 Å². The molecule has 0 aromatic heterocycles. The van der Waals surface area contributed by atoms with Crippen LogP contribution in [0.1, 0.15) is 19.4 Å². The molecule has 0 radical (unpaired) electrons. The molecule has 1 aromatic rings. The molecule has 0 saturated carbocycles. The maximum Gasteiger partial charge on any atom is 0.124 e. The van der Waals surface area contributed by atoms with Crippen molar-refractivity contribution in [1.29, 1.82) is 0 Å². The van der Waals surface area contributed by atoms with Gasteiger partial charge in [0.2, 0.25) is 0 Å². The molecule has 0 bridgehead atoms. The molecule has 2 N–H and O–H groups in total. The number of hydrogen-bond acceptors (Lipinski definition) is 5. The Morgan fingerprint density at radius 1 is 1.20 bits per heavy atom. The lowest BCUT2D eigenvalue weighted by atomic mass is 10.2. The van der Waals surface area contributed by atoms with Crippen LogP contribution >= 0.6 is 0 Å². The predicted octanol–water partition coefficient (Wildman–Crippen LogP) is 1.58. The maximum atomic E-state index is 9.76. The zero-order valence-corrected chi connectivity index (χ0v) is 12.7. The average Bonchev–Trinajstić information content (AvgIpc) is 2.45. The molecular weight excluding hydrogens is 258 g/mol. The summed E-state index contributed by atoms with van der Waals surface area (Å²) in [4.78, 5) is 0. The van der Waals surface area contributed by atoms with Crippen molar-refractivity contribution >= 4 is 0 Å². The number of rotatable bonds is 9. The zero-order valence-electron chi connectivity index (χ0n) is 12.7. The van der Waals surface area contributed by atoms with E-state index in [0.717, 1.165) is 17.1 Å². The monoisotopic (exact) mass is 283 g/mol. The minimum Gasteiger partial charge on any atom is -0.497 e. The van der Waals surface area contributed by atoms with Gasteiger partial charge in [0.15, 0.2) is 0 Å². The molecule has 0 amide bonds. The van der Waals surface area contributed by atoms with Crippen LogP contribution in [0.2, 0.25) is 0 Å². The van der Waals surface area contributed by atoms with Crippen molar-refractivity contribution in [3.63, 3.8) is 0 Å². The van der Waals surface area contributed by atoms with E-state index in [1.807, 2.05) is 32.0 Å². The van der Waals surface area contributed by atoms with E-state index in [4.69, 9.17) is 14.2 Å². The van der Waals surface area contributed by atoms with Gasteiger partial charge in [-0.1, -0.05) is 13.8 Å². The van der Waals surface area contributed by atoms with Gasteiger partial charge in [0.25, 0.3) is 0 Å². The average molecular weight is 283 g/mol. The van der Waals surface area contributed by atoms with Gasteiger partial charge >= 0.3 is 0 Å². The van der Waals surface area contributed by atoms with Crippen LogP contribution in [-0.2, 0) is 11.3 Å². The van der Waals surface area contributed by atoms with Crippen molar-refractivity contribution in [2.45, 2.75) is 32.6 Å². The first-order chi connectivity index (χ1) is 9.56. The highest BCUT2D eigenvalue weighted by molar-refractivity contribution is 5.39. The molecule has 0 aliphatic rings. The number of hydrogen-bond donors (Lipinski definition) is 2. The van der Waals surface area contributed by atoms with E-state index in [2.05, 4.69) is 5.32 Å². The second-order valence-electron chi connectivity index (χ2n) is 4.91. The normalized spacial score (nSPS) is 12.5. The van der Waals surface area contributed by atoms with Crippen LogP contribution in [0.15, 0.2) is 18.2 Å². The maximum absolute atomic E-state index is 9.76. The van der Waals surface area contributed by atoms with Gasteiger partial charge in [0.05, 0.1) is 33.5 Å². The molecule has 1 aromatic carbocycles. The van der Waals surface area contributed by atoms with Gasteiger partial charge in [-0.25, -0.2) is 0 Å². The molecule has 0 aliphatic heterocycles. The minimum atomic E-state index is -0.519. The topological polar surface area (TPSA) is 60.0 Å². The summed E-state index contributed by atoms with van der Waals surface area (Å²) < 4.78 is 16.0. The first-order valence-corrected chi connectivity index (χ1v) is 6.77. The fourth-order valence-corrected chi connectivity index (χ4v) is 1.73. The van der Waals surface area contributed by atoms with Crippen LogP contribution in [-0.4, -0.2) is 44.6 Å². The molecule has 0 fully saturated rings. The molecule has 0 saturated heterocycles. The molecule has 1 atom stereocenters. The molecular formula is C15H25NO4. The van der Waals surface area contributed by atoms with E-state index in [0.29, 0.717) is 19.2 Å². The number of benzene rings is 1. The second-order valence-corrected chi connectivity index (χ2v) is 4.91. The summed E-state index contributed by atoms with van der Waals surface area (Å²) in [7, 11) is 3.24. The summed E-state index contributed by atoms with van der Waals surface area (Å²) >= 11 is 0. The fraction of sp³-hybridized carbons (Fsp3) is 0.600. The summed E-state index contributed by atoms with van der Waals surface area (Å²) in [6.45, 7) is 5.25. The smallest absolute Gasteiger partial charge is 0.124 e. The van der Waals surface area contributed by atoms with Gasteiger partial charge in [-0.3, -0.25) is 0 Å². The molecule has 114 valence electrons. The van der Waals surface area contributed by atoms with E-state index in [-0.39, 0.29) is 6.61 Å². The van der Waals surface area contributed by atoms with E-state index in [9.17, 15) is 5.11 Å². The quantitative estimate of drug-likeness (QED) is 0.720. The molecule has 0 heterocycles. The third-order valence-corrected chi connectivity index (χ3v) is 2.82. The molecule has 5 heteroatoms. The zero-order chi connectivity index (χ0) is 15.0.